The van der Waals surface area contributed by atoms with Gasteiger partial charge in [-0.25, -0.2) is 0 Å². The Morgan fingerprint density at radius 1 is 1.24 bits per heavy atom. The molecule has 1 aromatic carbocycles. The number of aromatic nitrogens is 1. The van der Waals surface area contributed by atoms with E-state index in [1.54, 1.807) is 12.1 Å². The van der Waals surface area contributed by atoms with Gasteiger partial charge in [-0.15, -0.1) is 0 Å². The number of hydrogen-bond donors (Lipinski definition) is 1. The molecule has 0 spiro atoms. The molecule has 3 rings (SSSR count). The molecule has 6 nitrogen and oxygen atoms in total. The molecule has 1 aliphatic heterocycles. The maximum atomic E-state index is 12.6. The van der Waals surface area contributed by atoms with E-state index in [-0.39, 0.29) is 11.9 Å². The molecule has 3 unspecified atom stereocenters. The number of hydrogen-bond acceptors (Lipinski definition) is 5. The number of aryl methyl sites for hydroxylation is 2. The molecule has 29 heavy (non-hydrogen) atoms. The standard InChI is InChI=1S/C23H33N3O3/c1-15-10-16(2)12-26(11-15)13-17(3)24-23(27)20-6-8-21(9-7-20)28-14-22-18(4)25-29-19(22)5/h6-9,15-17H,10-14H2,1-5H3,(H,24,27). The first-order valence-electron chi connectivity index (χ1n) is 10.5. The van der Waals surface area contributed by atoms with Gasteiger partial charge in [0.15, 0.2) is 0 Å². The lowest BCUT2D eigenvalue weighted by Crippen LogP contribution is -2.47. The van der Waals surface area contributed by atoms with Crippen molar-refractivity contribution in [2.45, 2.75) is 53.7 Å². The van der Waals surface area contributed by atoms with Crippen LogP contribution in [-0.2, 0) is 6.61 Å². The lowest BCUT2D eigenvalue weighted by Gasteiger charge is -2.36. The minimum absolute atomic E-state index is 0.0483. The van der Waals surface area contributed by atoms with E-state index < -0.39 is 0 Å². The molecule has 3 atom stereocenters. The van der Waals surface area contributed by atoms with E-state index in [4.69, 9.17) is 9.26 Å². The van der Waals surface area contributed by atoms with Gasteiger partial charge in [0.05, 0.1) is 11.3 Å². The zero-order valence-electron chi connectivity index (χ0n) is 18.2. The van der Waals surface area contributed by atoms with E-state index in [9.17, 15) is 4.79 Å². The van der Waals surface area contributed by atoms with Crippen molar-refractivity contribution in [3.05, 3.63) is 46.8 Å². The first kappa shape index (κ1) is 21.4. The van der Waals surface area contributed by atoms with Gasteiger partial charge in [0, 0.05) is 31.2 Å². The summed E-state index contributed by atoms with van der Waals surface area (Å²) in [6.07, 6.45) is 1.29. The molecule has 1 aliphatic rings. The first-order valence-corrected chi connectivity index (χ1v) is 10.5. The van der Waals surface area contributed by atoms with Crippen molar-refractivity contribution in [1.82, 2.24) is 15.4 Å². The van der Waals surface area contributed by atoms with Crippen LogP contribution in [0, 0.1) is 25.7 Å². The summed E-state index contributed by atoms with van der Waals surface area (Å²) in [4.78, 5) is 15.0. The lowest BCUT2D eigenvalue weighted by atomic mass is 9.92. The number of rotatable bonds is 7. The maximum Gasteiger partial charge on any atom is 0.251 e. The summed E-state index contributed by atoms with van der Waals surface area (Å²) in [5.74, 6) is 2.88. The van der Waals surface area contributed by atoms with Crippen LogP contribution in [0.2, 0.25) is 0 Å². The molecule has 2 heterocycles. The SMILES string of the molecule is Cc1noc(C)c1COc1ccc(C(=O)NC(C)CN2CC(C)CC(C)C2)cc1. The second-order valence-corrected chi connectivity index (χ2v) is 8.65. The zero-order valence-corrected chi connectivity index (χ0v) is 18.2. The van der Waals surface area contributed by atoms with Gasteiger partial charge in [-0.2, -0.15) is 0 Å². The van der Waals surface area contributed by atoms with E-state index >= 15 is 0 Å². The number of likely N-dealkylation sites (tertiary alicyclic amines) is 1. The number of amides is 1. The van der Waals surface area contributed by atoms with Crippen molar-refractivity contribution in [3.8, 4) is 5.75 Å². The monoisotopic (exact) mass is 399 g/mol. The van der Waals surface area contributed by atoms with Crippen LogP contribution in [0.3, 0.4) is 0 Å². The summed E-state index contributed by atoms with van der Waals surface area (Å²) >= 11 is 0. The average Bonchev–Trinajstić information content (AvgIpc) is 2.97. The highest BCUT2D eigenvalue weighted by molar-refractivity contribution is 5.94. The van der Waals surface area contributed by atoms with Gasteiger partial charge in [0.1, 0.15) is 18.1 Å². The second kappa shape index (κ2) is 9.44. The van der Waals surface area contributed by atoms with Crippen molar-refractivity contribution in [2.24, 2.45) is 11.8 Å². The molecule has 158 valence electrons. The highest BCUT2D eigenvalue weighted by Gasteiger charge is 2.23. The van der Waals surface area contributed by atoms with Crippen molar-refractivity contribution in [3.63, 3.8) is 0 Å². The Balaban J connectivity index is 1.49. The molecule has 0 saturated carbocycles. The average molecular weight is 400 g/mol. The van der Waals surface area contributed by atoms with Gasteiger partial charge in [0.2, 0.25) is 0 Å². The van der Waals surface area contributed by atoms with Gasteiger partial charge >= 0.3 is 0 Å². The Hall–Kier alpha value is -2.34. The molecule has 1 aromatic heterocycles. The van der Waals surface area contributed by atoms with Gasteiger partial charge < -0.3 is 19.5 Å². The normalized spacial score (nSPS) is 21.0. The Bertz CT molecular complexity index is 786. The van der Waals surface area contributed by atoms with Gasteiger partial charge in [0.25, 0.3) is 5.91 Å². The third-order valence-corrected chi connectivity index (χ3v) is 5.53. The molecular formula is C23H33N3O3. The fourth-order valence-electron chi connectivity index (χ4n) is 4.25. The van der Waals surface area contributed by atoms with E-state index in [1.165, 1.54) is 6.42 Å². The third-order valence-electron chi connectivity index (χ3n) is 5.53. The second-order valence-electron chi connectivity index (χ2n) is 8.65. The van der Waals surface area contributed by atoms with Gasteiger partial charge in [-0.3, -0.25) is 4.79 Å². The highest BCUT2D eigenvalue weighted by atomic mass is 16.5. The summed E-state index contributed by atoms with van der Waals surface area (Å²) in [6.45, 7) is 14.0. The van der Waals surface area contributed by atoms with Crippen LogP contribution in [0.25, 0.3) is 0 Å². The largest absolute Gasteiger partial charge is 0.489 e. The Labute approximate surface area is 173 Å². The summed E-state index contributed by atoms with van der Waals surface area (Å²) in [7, 11) is 0. The topological polar surface area (TPSA) is 67.6 Å². The van der Waals surface area contributed by atoms with E-state index in [2.05, 4.69) is 36.1 Å². The van der Waals surface area contributed by atoms with Crippen molar-refractivity contribution in [2.75, 3.05) is 19.6 Å². The highest BCUT2D eigenvalue weighted by Crippen LogP contribution is 2.21. The Morgan fingerprint density at radius 2 is 1.90 bits per heavy atom. The molecule has 0 aliphatic carbocycles. The number of carbonyl (C=O) groups is 1. The molecular weight excluding hydrogens is 366 g/mol. The number of nitrogens with one attached hydrogen (secondary N) is 1. The van der Waals surface area contributed by atoms with E-state index in [0.717, 1.165) is 48.5 Å². The minimum Gasteiger partial charge on any atom is -0.489 e. The predicted molar refractivity (Wildman–Crippen MR) is 113 cm³/mol. The zero-order chi connectivity index (χ0) is 21.0. The van der Waals surface area contributed by atoms with Gasteiger partial charge in [-0.05, 0) is 63.3 Å². The number of benzene rings is 1. The van der Waals surface area contributed by atoms with E-state index in [1.807, 2.05) is 26.0 Å². The van der Waals surface area contributed by atoms with E-state index in [0.29, 0.717) is 17.9 Å². The summed E-state index contributed by atoms with van der Waals surface area (Å²) in [5.41, 5.74) is 2.44. The van der Waals surface area contributed by atoms with Gasteiger partial charge in [-0.1, -0.05) is 19.0 Å². The Kier molecular flexibility index (Phi) is 6.96. The van der Waals surface area contributed by atoms with Crippen LogP contribution in [0.15, 0.2) is 28.8 Å². The predicted octanol–water partition coefficient (Wildman–Crippen LogP) is 3.97. The lowest BCUT2D eigenvalue weighted by molar-refractivity contribution is 0.0905. The summed E-state index contributed by atoms with van der Waals surface area (Å²) in [5, 5.41) is 7.05. The number of carbonyl (C=O) groups excluding carboxylic acids is 1. The Morgan fingerprint density at radius 3 is 2.48 bits per heavy atom. The van der Waals surface area contributed by atoms with Crippen LogP contribution in [-0.4, -0.2) is 41.6 Å². The van der Waals surface area contributed by atoms with Crippen LogP contribution in [0.5, 0.6) is 5.75 Å². The van der Waals surface area contributed by atoms with Crippen LogP contribution < -0.4 is 10.1 Å². The van der Waals surface area contributed by atoms with Crippen LogP contribution in [0.1, 0.15) is 54.6 Å². The molecule has 1 amide bonds. The number of nitrogens with zero attached hydrogens (tertiary/aromatic N) is 2. The maximum absolute atomic E-state index is 12.6. The van der Waals surface area contributed by atoms with Crippen LogP contribution >= 0.6 is 0 Å². The van der Waals surface area contributed by atoms with Crippen molar-refractivity contribution >= 4 is 5.91 Å². The minimum atomic E-state index is -0.0483. The summed E-state index contributed by atoms with van der Waals surface area (Å²) in [6, 6.07) is 7.36. The smallest absolute Gasteiger partial charge is 0.251 e. The summed E-state index contributed by atoms with van der Waals surface area (Å²) < 4.78 is 11.0. The molecule has 1 saturated heterocycles. The fourth-order valence-corrected chi connectivity index (χ4v) is 4.25. The van der Waals surface area contributed by atoms with Crippen LogP contribution in [0.4, 0.5) is 0 Å². The quantitative estimate of drug-likeness (QED) is 0.763. The fraction of sp³-hybridized carbons (Fsp3) is 0.565. The first-order chi connectivity index (χ1) is 13.8. The molecule has 0 bridgehead atoms. The molecule has 2 aromatic rings. The van der Waals surface area contributed by atoms with Crippen molar-refractivity contribution in [1.29, 1.82) is 0 Å². The molecule has 0 radical (unpaired) electrons. The number of ether oxygens (including phenoxy) is 1. The molecule has 6 heteroatoms. The molecule has 1 N–H and O–H groups in total. The molecule has 1 fully saturated rings. The third kappa shape index (κ3) is 5.82. The van der Waals surface area contributed by atoms with Crippen molar-refractivity contribution < 1.29 is 14.1 Å². The number of piperidine rings is 1.